The van der Waals surface area contributed by atoms with E-state index in [0.717, 1.165) is 29.5 Å². The van der Waals surface area contributed by atoms with Crippen LogP contribution >= 0.6 is 27.3 Å². The predicted octanol–water partition coefficient (Wildman–Crippen LogP) is 3.99. The van der Waals surface area contributed by atoms with Gasteiger partial charge < -0.3 is 5.11 Å². The summed E-state index contributed by atoms with van der Waals surface area (Å²) in [7, 11) is 0. The standard InChI is InChI=1S/C12H17BrOS/c1-11(2)5-6-12(14,8-11)7-9-3-4-10(13)15-9/h3-4,14H,5-8H2,1-2H3. The minimum Gasteiger partial charge on any atom is -0.389 e. The summed E-state index contributed by atoms with van der Waals surface area (Å²) in [5.41, 5.74) is -0.156. The zero-order chi connectivity index (χ0) is 11.1. The summed E-state index contributed by atoms with van der Waals surface area (Å²) in [6, 6.07) is 4.17. The molecule has 1 aliphatic carbocycles. The molecule has 1 saturated carbocycles. The summed E-state index contributed by atoms with van der Waals surface area (Å²) in [5.74, 6) is 0. The third-order valence-electron chi connectivity index (χ3n) is 3.21. The number of halogens is 1. The minimum absolute atomic E-state index is 0.309. The lowest BCUT2D eigenvalue weighted by Crippen LogP contribution is -2.28. The van der Waals surface area contributed by atoms with Crippen LogP contribution in [0, 0.1) is 5.41 Å². The van der Waals surface area contributed by atoms with Crippen LogP contribution in [0.15, 0.2) is 15.9 Å². The predicted molar refractivity (Wildman–Crippen MR) is 68.3 cm³/mol. The smallest absolute Gasteiger partial charge is 0.0701 e. The van der Waals surface area contributed by atoms with Gasteiger partial charge in [0, 0.05) is 11.3 Å². The summed E-state index contributed by atoms with van der Waals surface area (Å²) >= 11 is 5.19. The first-order valence-electron chi connectivity index (χ1n) is 5.35. The zero-order valence-electron chi connectivity index (χ0n) is 9.22. The molecule has 1 heterocycles. The summed E-state index contributed by atoms with van der Waals surface area (Å²) in [6.45, 7) is 4.49. The van der Waals surface area contributed by atoms with Gasteiger partial charge in [-0.2, -0.15) is 0 Å². The van der Waals surface area contributed by atoms with Crippen LogP contribution in [-0.2, 0) is 6.42 Å². The first-order valence-corrected chi connectivity index (χ1v) is 6.96. The molecular weight excluding hydrogens is 272 g/mol. The molecule has 15 heavy (non-hydrogen) atoms. The first-order chi connectivity index (χ1) is 6.89. The lowest BCUT2D eigenvalue weighted by atomic mass is 9.88. The van der Waals surface area contributed by atoms with E-state index in [1.165, 1.54) is 4.88 Å². The molecule has 1 aliphatic rings. The van der Waals surface area contributed by atoms with E-state index in [-0.39, 0.29) is 0 Å². The lowest BCUT2D eigenvalue weighted by Gasteiger charge is -2.24. The van der Waals surface area contributed by atoms with Gasteiger partial charge in [0.2, 0.25) is 0 Å². The Kier molecular flexibility index (Phi) is 2.99. The minimum atomic E-state index is -0.464. The van der Waals surface area contributed by atoms with E-state index in [2.05, 4.69) is 41.9 Å². The molecule has 1 fully saturated rings. The number of rotatable bonds is 2. The molecule has 1 N–H and O–H groups in total. The number of thiophene rings is 1. The van der Waals surface area contributed by atoms with Crippen molar-refractivity contribution in [1.29, 1.82) is 0 Å². The van der Waals surface area contributed by atoms with Crippen molar-refractivity contribution in [2.24, 2.45) is 5.41 Å². The Morgan fingerprint density at radius 3 is 2.60 bits per heavy atom. The molecule has 1 aromatic heterocycles. The quantitative estimate of drug-likeness (QED) is 0.872. The molecular formula is C12H17BrOS. The fourth-order valence-corrected chi connectivity index (χ4v) is 4.18. The Labute approximate surface area is 104 Å². The van der Waals surface area contributed by atoms with E-state index in [0.29, 0.717) is 5.41 Å². The Bertz CT molecular complexity index is 358. The van der Waals surface area contributed by atoms with E-state index in [1.54, 1.807) is 11.3 Å². The topological polar surface area (TPSA) is 20.2 Å². The van der Waals surface area contributed by atoms with Gasteiger partial charge in [-0.1, -0.05) is 13.8 Å². The van der Waals surface area contributed by atoms with Crippen LogP contribution in [0.5, 0.6) is 0 Å². The summed E-state index contributed by atoms with van der Waals surface area (Å²) < 4.78 is 1.15. The second-order valence-corrected chi connectivity index (χ2v) is 8.00. The second kappa shape index (κ2) is 3.86. The van der Waals surface area contributed by atoms with Crippen LogP contribution in [0.25, 0.3) is 0 Å². The zero-order valence-corrected chi connectivity index (χ0v) is 11.6. The van der Waals surface area contributed by atoms with Gasteiger partial charge >= 0.3 is 0 Å². The van der Waals surface area contributed by atoms with E-state index in [1.807, 2.05) is 0 Å². The summed E-state index contributed by atoms with van der Waals surface area (Å²) in [5, 5.41) is 10.5. The number of aliphatic hydroxyl groups is 1. The van der Waals surface area contributed by atoms with Crippen molar-refractivity contribution < 1.29 is 5.11 Å². The third kappa shape index (κ3) is 2.83. The molecule has 0 aromatic carbocycles. The molecule has 0 radical (unpaired) electrons. The van der Waals surface area contributed by atoms with Crippen molar-refractivity contribution in [3.8, 4) is 0 Å². The van der Waals surface area contributed by atoms with Crippen LogP contribution in [-0.4, -0.2) is 10.7 Å². The van der Waals surface area contributed by atoms with Gasteiger partial charge in [-0.25, -0.2) is 0 Å². The molecule has 0 spiro atoms. The lowest BCUT2D eigenvalue weighted by molar-refractivity contribution is 0.0386. The third-order valence-corrected chi connectivity index (χ3v) is 4.83. The van der Waals surface area contributed by atoms with Crippen molar-refractivity contribution in [2.75, 3.05) is 0 Å². The van der Waals surface area contributed by atoms with Gasteiger partial charge in [-0.15, -0.1) is 11.3 Å². The fraction of sp³-hybridized carbons (Fsp3) is 0.667. The SMILES string of the molecule is CC1(C)CCC(O)(Cc2ccc(Br)s2)C1. The van der Waals surface area contributed by atoms with Crippen molar-refractivity contribution >= 4 is 27.3 Å². The molecule has 0 aliphatic heterocycles. The van der Waals surface area contributed by atoms with Crippen LogP contribution in [0.1, 0.15) is 38.0 Å². The van der Waals surface area contributed by atoms with Crippen molar-refractivity contribution in [3.63, 3.8) is 0 Å². The fourth-order valence-electron chi connectivity index (χ4n) is 2.56. The molecule has 0 bridgehead atoms. The van der Waals surface area contributed by atoms with Gasteiger partial charge in [0.05, 0.1) is 9.39 Å². The van der Waals surface area contributed by atoms with Gasteiger partial charge in [-0.3, -0.25) is 0 Å². The molecule has 3 heteroatoms. The van der Waals surface area contributed by atoms with Crippen LogP contribution in [0.3, 0.4) is 0 Å². The van der Waals surface area contributed by atoms with Crippen LogP contribution in [0.4, 0.5) is 0 Å². The highest BCUT2D eigenvalue weighted by Crippen LogP contribution is 2.45. The average molecular weight is 289 g/mol. The van der Waals surface area contributed by atoms with Gasteiger partial charge in [0.1, 0.15) is 0 Å². The average Bonchev–Trinajstić information content (AvgIpc) is 2.57. The number of hydrogen-bond donors (Lipinski definition) is 1. The van der Waals surface area contributed by atoms with Crippen molar-refractivity contribution in [3.05, 3.63) is 20.8 Å². The molecule has 0 saturated heterocycles. The largest absolute Gasteiger partial charge is 0.389 e. The van der Waals surface area contributed by atoms with E-state index < -0.39 is 5.60 Å². The highest BCUT2D eigenvalue weighted by atomic mass is 79.9. The summed E-state index contributed by atoms with van der Waals surface area (Å²) in [4.78, 5) is 1.28. The van der Waals surface area contributed by atoms with Gasteiger partial charge in [-0.05, 0) is 52.7 Å². The Hall–Kier alpha value is 0.140. The summed E-state index contributed by atoms with van der Waals surface area (Å²) in [6.07, 6.45) is 3.81. The Morgan fingerprint density at radius 1 is 1.40 bits per heavy atom. The van der Waals surface area contributed by atoms with Crippen LogP contribution < -0.4 is 0 Å². The maximum atomic E-state index is 10.5. The molecule has 84 valence electrons. The monoisotopic (exact) mass is 288 g/mol. The maximum Gasteiger partial charge on any atom is 0.0701 e. The maximum absolute atomic E-state index is 10.5. The molecule has 0 amide bonds. The van der Waals surface area contributed by atoms with Crippen LogP contribution in [0.2, 0.25) is 0 Å². The van der Waals surface area contributed by atoms with Gasteiger partial charge in [0.25, 0.3) is 0 Å². The Morgan fingerprint density at radius 2 is 2.13 bits per heavy atom. The number of hydrogen-bond acceptors (Lipinski definition) is 2. The normalized spacial score (nSPS) is 29.6. The molecule has 1 atom stereocenters. The van der Waals surface area contributed by atoms with E-state index in [4.69, 9.17) is 0 Å². The molecule has 1 aromatic rings. The first kappa shape index (κ1) is 11.6. The van der Waals surface area contributed by atoms with E-state index >= 15 is 0 Å². The molecule has 1 nitrogen and oxygen atoms in total. The van der Waals surface area contributed by atoms with Crippen molar-refractivity contribution in [2.45, 2.75) is 45.1 Å². The van der Waals surface area contributed by atoms with Crippen molar-refractivity contribution in [1.82, 2.24) is 0 Å². The second-order valence-electron chi connectivity index (χ2n) is 5.45. The molecule has 2 rings (SSSR count). The van der Waals surface area contributed by atoms with Gasteiger partial charge in [0.15, 0.2) is 0 Å². The highest BCUT2D eigenvalue weighted by molar-refractivity contribution is 9.11. The van der Waals surface area contributed by atoms with E-state index in [9.17, 15) is 5.11 Å². The molecule has 1 unspecified atom stereocenters. The Balaban J connectivity index is 2.06. The highest BCUT2D eigenvalue weighted by Gasteiger charge is 2.41.